The number of esters is 1. The van der Waals surface area contributed by atoms with Gasteiger partial charge in [-0.1, -0.05) is 42.5 Å². The molecule has 0 unspecified atom stereocenters. The molecule has 1 aromatic rings. The summed E-state index contributed by atoms with van der Waals surface area (Å²) in [7, 11) is 0. The lowest BCUT2D eigenvalue weighted by molar-refractivity contribution is -0.142. The molecule has 1 amide bonds. The van der Waals surface area contributed by atoms with Gasteiger partial charge in [-0.2, -0.15) is 0 Å². The van der Waals surface area contributed by atoms with Crippen molar-refractivity contribution in [1.82, 2.24) is 5.32 Å². The highest BCUT2D eigenvalue weighted by Crippen LogP contribution is 2.07. The number of carbonyl (C=O) groups excluding carboxylic acids is 2. The van der Waals surface area contributed by atoms with E-state index in [1.165, 1.54) is 17.2 Å². The summed E-state index contributed by atoms with van der Waals surface area (Å²) < 4.78 is 4.75. The molecule has 1 rings (SSSR count). The molecule has 0 aliphatic rings. The molecule has 4 heteroatoms. The second-order valence-electron chi connectivity index (χ2n) is 4.59. The van der Waals surface area contributed by atoms with E-state index in [1.54, 1.807) is 0 Å². The first kappa shape index (κ1) is 16.0. The minimum absolute atomic E-state index is 0.0861. The van der Waals surface area contributed by atoms with Crippen molar-refractivity contribution in [1.29, 1.82) is 0 Å². The van der Waals surface area contributed by atoms with Gasteiger partial charge in [0.1, 0.15) is 13.2 Å². The van der Waals surface area contributed by atoms with E-state index in [0.717, 1.165) is 12.8 Å². The van der Waals surface area contributed by atoms with Gasteiger partial charge in [0.05, 0.1) is 0 Å². The van der Waals surface area contributed by atoms with Crippen LogP contribution in [0, 0.1) is 6.92 Å². The maximum atomic E-state index is 11.5. The summed E-state index contributed by atoms with van der Waals surface area (Å²) in [5.41, 5.74) is 2.44. The molecular formula is C16H21NO3. The number of hydrogen-bond donors (Lipinski definition) is 1. The predicted molar refractivity (Wildman–Crippen MR) is 78.3 cm³/mol. The van der Waals surface area contributed by atoms with Crippen LogP contribution in [0.15, 0.2) is 36.9 Å². The van der Waals surface area contributed by atoms with Gasteiger partial charge in [-0.05, 0) is 25.3 Å². The van der Waals surface area contributed by atoms with Crippen LogP contribution >= 0.6 is 0 Å². The largest absolute Gasteiger partial charge is 0.460 e. The van der Waals surface area contributed by atoms with Gasteiger partial charge in [0.2, 0.25) is 5.91 Å². The number of amides is 1. The van der Waals surface area contributed by atoms with E-state index < -0.39 is 5.97 Å². The number of ether oxygens (including phenoxy) is 1. The fraction of sp³-hybridized carbons (Fsp3) is 0.375. The lowest BCUT2D eigenvalue weighted by Crippen LogP contribution is -2.30. The molecule has 0 bridgehead atoms. The van der Waals surface area contributed by atoms with Gasteiger partial charge in [0.15, 0.2) is 0 Å². The van der Waals surface area contributed by atoms with Crippen molar-refractivity contribution in [3.8, 4) is 0 Å². The quantitative estimate of drug-likeness (QED) is 0.584. The molecule has 0 aromatic heterocycles. The van der Waals surface area contributed by atoms with Gasteiger partial charge in [-0.25, -0.2) is 0 Å². The summed E-state index contributed by atoms with van der Waals surface area (Å²) in [4.78, 5) is 22.7. The van der Waals surface area contributed by atoms with E-state index in [9.17, 15) is 9.59 Å². The monoisotopic (exact) mass is 275 g/mol. The van der Waals surface area contributed by atoms with E-state index in [-0.39, 0.29) is 19.1 Å². The molecule has 0 saturated carbocycles. The van der Waals surface area contributed by atoms with Gasteiger partial charge in [0.25, 0.3) is 0 Å². The van der Waals surface area contributed by atoms with E-state index >= 15 is 0 Å². The third-order valence-electron chi connectivity index (χ3n) is 2.78. The number of nitrogens with one attached hydrogen (secondary N) is 1. The van der Waals surface area contributed by atoms with E-state index in [0.29, 0.717) is 6.42 Å². The van der Waals surface area contributed by atoms with Gasteiger partial charge >= 0.3 is 5.97 Å². The number of hydrogen-bond acceptors (Lipinski definition) is 3. The molecule has 0 heterocycles. The van der Waals surface area contributed by atoms with Crippen LogP contribution in [0.25, 0.3) is 0 Å². The molecule has 0 spiro atoms. The zero-order valence-electron chi connectivity index (χ0n) is 11.9. The maximum absolute atomic E-state index is 11.5. The molecule has 0 fully saturated rings. The fourth-order valence-corrected chi connectivity index (χ4v) is 1.67. The Morgan fingerprint density at radius 1 is 1.30 bits per heavy atom. The Morgan fingerprint density at radius 2 is 2.00 bits per heavy atom. The van der Waals surface area contributed by atoms with Gasteiger partial charge in [-0.15, -0.1) is 0 Å². The van der Waals surface area contributed by atoms with Crippen molar-refractivity contribution >= 4 is 11.9 Å². The Morgan fingerprint density at radius 3 is 2.65 bits per heavy atom. The number of rotatable bonds is 8. The van der Waals surface area contributed by atoms with Gasteiger partial charge in [-0.3, -0.25) is 9.59 Å². The third kappa shape index (κ3) is 6.73. The van der Waals surface area contributed by atoms with Crippen molar-refractivity contribution in [2.24, 2.45) is 0 Å². The average Bonchev–Trinajstić information content (AvgIpc) is 2.45. The highest BCUT2D eigenvalue weighted by molar-refractivity contribution is 5.81. The van der Waals surface area contributed by atoms with E-state index in [4.69, 9.17) is 4.74 Å². The SMILES string of the molecule is C=CCOC(=O)CNC(=O)CCCc1ccc(C)cc1. The van der Waals surface area contributed by atoms with Crippen LogP contribution in [0.3, 0.4) is 0 Å². The number of aryl methyl sites for hydroxylation is 2. The minimum Gasteiger partial charge on any atom is -0.460 e. The molecule has 4 nitrogen and oxygen atoms in total. The average molecular weight is 275 g/mol. The first-order valence-corrected chi connectivity index (χ1v) is 6.70. The summed E-state index contributed by atoms with van der Waals surface area (Å²) >= 11 is 0. The standard InChI is InChI=1S/C16H21NO3/c1-3-11-20-16(19)12-17-15(18)6-4-5-14-9-7-13(2)8-10-14/h3,7-10H,1,4-6,11-12H2,2H3,(H,17,18). The Labute approximate surface area is 119 Å². The van der Waals surface area contributed by atoms with Crippen molar-refractivity contribution in [2.45, 2.75) is 26.2 Å². The van der Waals surface area contributed by atoms with Crippen molar-refractivity contribution in [2.75, 3.05) is 13.2 Å². The van der Waals surface area contributed by atoms with Crippen LogP contribution in [0.4, 0.5) is 0 Å². The number of carbonyl (C=O) groups is 2. The Balaban J connectivity index is 2.15. The molecular weight excluding hydrogens is 254 g/mol. The molecule has 0 aliphatic carbocycles. The normalized spacial score (nSPS) is 9.85. The van der Waals surface area contributed by atoms with Crippen LogP contribution in [0.1, 0.15) is 24.0 Å². The van der Waals surface area contributed by atoms with Crippen molar-refractivity contribution in [3.05, 3.63) is 48.0 Å². The van der Waals surface area contributed by atoms with Crippen LogP contribution in [-0.2, 0) is 20.7 Å². The summed E-state index contributed by atoms with van der Waals surface area (Å²) in [6, 6.07) is 8.26. The molecule has 20 heavy (non-hydrogen) atoms. The molecule has 108 valence electrons. The molecule has 0 saturated heterocycles. The molecule has 0 radical (unpaired) electrons. The summed E-state index contributed by atoms with van der Waals surface area (Å²) in [6.07, 6.45) is 3.51. The van der Waals surface area contributed by atoms with Gasteiger partial charge < -0.3 is 10.1 Å². The van der Waals surface area contributed by atoms with E-state index in [1.807, 2.05) is 6.92 Å². The first-order chi connectivity index (χ1) is 9.61. The Hall–Kier alpha value is -2.10. The zero-order chi connectivity index (χ0) is 14.8. The summed E-state index contributed by atoms with van der Waals surface area (Å²) in [5, 5.41) is 2.54. The highest BCUT2D eigenvalue weighted by atomic mass is 16.5. The molecule has 0 aliphatic heterocycles. The lowest BCUT2D eigenvalue weighted by Gasteiger charge is -2.05. The van der Waals surface area contributed by atoms with Crippen LogP contribution in [0.5, 0.6) is 0 Å². The van der Waals surface area contributed by atoms with Crippen LogP contribution < -0.4 is 5.32 Å². The van der Waals surface area contributed by atoms with Crippen LogP contribution in [-0.4, -0.2) is 25.0 Å². The smallest absolute Gasteiger partial charge is 0.325 e. The van der Waals surface area contributed by atoms with Crippen molar-refractivity contribution in [3.63, 3.8) is 0 Å². The van der Waals surface area contributed by atoms with E-state index in [2.05, 4.69) is 36.2 Å². The fourth-order valence-electron chi connectivity index (χ4n) is 1.67. The molecule has 1 aromatic carbocycles. The highest BCUT2D eigenvalue weighted by Gasteiger charge is 2.05. The summed E-state index contributed by atoms with van der Waals surface area (Å²) in [6.45, 7) is 5.56. The first-order valence-electron chi connectivity index (χ1n) is 6.70. The topological polar surface area (TPSA) is 55.4 Å². The maximum Gasteiger partial charge on any atom is 0.325 e. The summed E-state index contributed by atoms with van der Waals surface area (Å²) in [5.74, 6) is -0.579. The Kier molecular flexibility index (Phi) is 7.11. The second-order valence-corrected chi connectivity index (χ2v) is 4.59. The minimum atomic E-state index is -0.447. The zero-order valence-corrected chi connectivity index (χ0v) is 11.9. The molecule has 0 atom stereocenters. The molecule has 1 N–H and O–H groups in total. The second kappa shape index (κ2) is 8.91. The lowest BCUT2D eigenvalue weighted by atomic mass is 10.1. The third-order valence-corrected chi connectivity index (χ3v) is 2.78. The van der Waals surface area contributed by atoms with Crippen molar-refractivity contribution < 1.29 is 14.3 Å². The van der Waals surface area contributed by atoms with Gasteiger partial charge in [0, 0.05) is 6.42 Å². The Bertz CT molecular complexity index is 451. The number of benzene rings is 1. The predicted octanol–water partition coefficient (Wildman–Crippen LogP) is 2.16. The van der Waals surface area contributed by atoms with Crippen LogP contribution in [0.2, 0.25) is 0 Å².